The van der Waals surface area contributed by atoms with Gasteiger partial charge in [-0.15, -0.1) is 0 Å². The van der Waals surface area contributed by atoms with Gasteiger partial charge in [0.1, 0.15) is 0 Å². The van der Waals surface area contributed by atoms with E-state index in [2.05, 4.69) is 25.9 Å². The summed E-state index contributed by atoms with van der Waals surface area (Å²) in [6.07, 6.45) is 0. The number of likely N-dealkylation sites (tertiary alicyclic amines) is 1. The summed E-state index contributed by atoms with van der Waals surface area (Å²) >= 11 is 0. The summed E-state index contributed by atoms with van der Waals surface area (Å²) in [5, 5.41) is 4.50. The Balaban J connectivity index is 1.57. The predicted molar refractivity (Wildman–Crippen MR) is 90.0 cm³/mol. The van der Waals surface area contributed by atoms with Crippen LogP contribution in [0.3, 0.4) is 0 Å². The summed E-state index contributed by atoms with van der Waals surface area (Å²) in [6, 6.07) is 3.47. The third-order valence-corrected chi connectivity index (χ3v) is 4.58. The van der Waals surface area contributed by atoms with E-state index in [0.717, 1.165) is 5.69 Å². The quantitative estimate of drug-likeness (QED) is 0.807. The number of aromatic nitrogens is 2. The van der Waals surface area contributed by atoms with Crippen molar-refractivity contribution in [1.82, 2.24) is 19.6 Å². The van der Waals surface area contributed by atoms with Crippen molar-refractivity contribution in [2.45, 2.75) is 32.7 Å². The summed E-state index contributed by atoms with van der Waals surface area (Å²) in [7, 11) is 0. The van der Waals surface area contributed by atoms with E-state index in [4.69, 9.17) is 4.74 Å². The summed E-state index contributed by atoms with van der Waals surface area (Å²) in [6.45, 7) is 10.7. The number of urea groups is 1. The minimum absolute atomic E-state index is 0.0818. The van der Waals surface area contributed by atoms with E-state index in [-0.39, 0.29) is 22.9 Å². The molecule has 1 aromatic rings. The van der Waals surface area contributed by atoms with Crippen LogP contribution in [0, 0.1) is 5.92 Å². The zero-order chi connectivity index (χ0) is 17.3. The van der Waals surface area contributed by atoms with E-state index in [1.165, 1.54) is 0 Å². The average Bonchev–Trinajstić information content (AvgIpc) is 2.51. The minimum atomic E-state index is -0.0899. The van der Waals surface area contributed by atoms with Gasteiger partial charge in [0.2, 0.25) is 0 Å². The van der Waals surface area contributed by atoms with E-state index in [1.54, 1.807) is 16.8 Å². The number of rotatable bonds is 2. The molecular formula is C17H26N4O3. The predicted octanol–water partition coefficient (Wildman–Crippen LogP) is 0.925. The number of morpholine rings is 1. The fourth-order valence-corrected chi connectivity index (χ4v) is 3.02. The molecule has 0 bridgehead atoms. The molecule has 0 N–H and O–H groups in total. The smallest absolute Gasteiger partial charge is 0.320 e. The molecule has 7 heteroatoms. The molecule has 3 rings (SSSR count). The van der Waals surface area contributed by atoms with Crippen LogP contribution in [0.25, 0.3) is 0 Å². The average molecular weight is 334 g/mol. The molecule has 1 aromatic heterocycles. The molecule has 0 saturated carbocycles. The second-order valence-electron chi connectivity index (χ2n) is 7.64. The fourth-order valence-electron chi connectivity index (χ4n) is 3.02. The van der Waals surface area contributed by atoms with Crippen molar-refractivity contribution < 1.29 is 9.53 Å². The van der Waals surface area contributed by atoms with Crippen molar-refractivity contribution in [3.05, 3.63) is 28.2 Å². The Morgan fingerprint density at radius 3 is 2.50 bits per heavy atom. The molecule has 0 unspecified atom stereocenters. The summed E-state index contributed by atoms with van der Waals surface area (Å²) in [4.78, 5) is 28.1. The minimum Gasteiger partial charge on any atom is -0.378 e. The van der Waals surface area contributed by atoms with Crippen molar-refractivity contribution >= 4 is 6.03 Å². The second kappa shape index (κ2) is 6.55. The molecule has 0 radical (unpaired) electrons. The van der Waals surface area contributed by atoms with E-state index in [9.17, 15) is 9.59 Å². The maximum atomic E-state index is 12.3. The van der Waals surface area contributed by atoms with Crippen LogP contribution in [-0.2, 0) is 16.7 Å². The molecule has 7 nitrogen and oxygen atoms in total. The van der Waals surface area contributed by atoms with Crippen LogP contribution >= 0.6 is 0 Å². The molecule has 2 amide bonds. The Hall–Kier alpha value is -1.89. The lowest BCUT2D eigenvalue weighted by atomic mass is 9.92. The van der Waals surface area contributed by atoms with Gasteiger partial charge in [0, 0.05) is 43.6 Å². The highest BCUT2D eigenvalue weighted by atomic mass is 16.5. The third-order valence-electron chi connectivity index (χ3n) is 4.58. The van der Waals surface area contributed by atoms with Crippen molar-refractivity contribution in [1.29, 1.82) is 0 Å². The molecule has 0 spiro atoms. The molecule has 0 atom stereocenters. The van der Waals surface area contributed by atoms with E-state index in [1.807, 2.05) is 9.80 Å². The van der Waals surface area contributed by atoms with Crippen LogP contribution < -0.4 is 5.56 Å². The van der Waals surface area contributed by atoms with Crippen LogP contribution in [0.5, 0.6) is 0 Å². The number of hydrogen-bond donors (Lipinski definition) is 0. The molecule has 132 valence electrons. The Kier molecular flexibility index (Phi) is 4.62. The highest BCUT2D eigenvalue weighted by Gasteiger charge is 2.34. The summed E-state index contributed by atoms with van der Waals surface area (Å²) < 4.78 is 6.82. The maximum absolute atomic E-state index is 12.3. The van der Waals surface area contributed by atoms with Gasteiger partial charge in [-0.2, -0.15) is 5.10 Å². The molecule has 2 aliphatic rings. The van der Waals surface area contributed by atoms with Gasteiger partial charge in [0.05, 0.1) is 25.5 Å². The molecule has 24 heavy (non-hydrogen) atoms. The first-order valence-corrected chi connectivity index (χ1v) is 8.55. The maximum Gasteiger partial charge on any atom is 0.320 e. The number of ether oxygens (including phenoxy) is 1. The van der Waals surface area contributed by atoms with Crippen LogP contribution in [0.2, 0.25) is 0 Å². The van der Waals surface area contributed by atoms with Crippen LogP contribution in [0.1, 0.15) is 26.5 Å². The number of amides is 2. The molecule has 2 saturated heterocycles. The molecule has 2 aliphatic heterocycles. The molecular weight excluding hydrogens is 308 g/mol. The first kappa shape index (κ1) is 17.0. The van der Waals surface area contributed by atoms with Gasteiger partial charge in [-0.3, -0.25) is 4.79 Å². The first-order valence-electron chi connectivity index (χ1n) is 8.55. The van der Waals surface area contributed by atoms with Gasteiger partial charge in [0.15, 0.2) is 0 Å². The molecule has 2 fully saturated rings. The van der Waals surface area contributed by atoms with E-state index < -0.39 is 0 Å². The first-order chi connectivity index (χ1) is 11.3. The van der Waals surface area contributed by atoms with Gasteiger partial charge < -0.3 is 14.5 Å². The summed E-state index contributed by atoms with van der Waals surface area (Å²) in [5.41, 5.74) is 0.733. The lowest BCUT2D eigenvalue weighted by Crippen LogP contribution is -2.58. The highest BCUT2D eigenvalue weighted by molar-refractivity contribution is 5.75. The van der Waals surface area contributed by atoms with Crippen molar-refractivity contribution in [3.63, 3.8) is 0 Å². The standard InChI is InChI=1S/C17H26N4O3/c1-17(2,3)14-4-5-15(22)21(18-14)12-13-10-20(11-13)16(23)19-6-8-24-9-7-19/h4-5,13H,6-12H2,1-3H3. The highest BCUT2D eigenvalue weighted by Crippen LogP contribution is 2.21. The van der Waals surface area contributed by atoms with Crippen LogP contribution in [-0.4, -0.2) is 65.0 Å². The normalized spacial score (nSPS) is 19.3. The van der Waals surface area contributed by atoms with Crippen molar-refractivity contribution in [2.75, 3.05) is 39.4 Å². The lowest BCUT2D eigenvalue weighted by molar-refractivity contribution is 0.0263. The second-order valence-corrected chi connectivity index (χ2v) is 7.64. The Bertz CT molecular complexity index is 653. The molecule has 3 heterocycles. The summed E-state index contributed by atoms with van der Waals surface area (Å²) in [5.74, 6) is 0.287. The fraction of sp³-hybridized carbons (Fsp3) is 0.706. The van der Waals surface area contributed by atoms with Crippen LogP contribution in [0.15, 0.2) is 16.9 Å². The molecule has 0 aromatic carbocycles. The Labute approximate surface area is 142 Å². The largest absolute Gasteiger partial charge is 0.378 e. The number of carbonyl (C=O) groups excluding carboxylic acids is 1. The third kappa shape index (κ3) is 3.61. The van der Waals surface area contributed by atoms with Gasteiger partial charge >= 0.3 is 6.03 Å². The number of carbonyl (C=O) groups is 1. The Morgan fingerprint density at radius 1 is 1.21 bits per heavy atom. The monoisotopic (exact) mass is 334 g/mol. The van der Waals surface area contributed by atoms with Crippen molar-refractivity contribution in [2.24, 2.45) is 5.92 Å². The van der Waals surface area contributed by atoms with Crippen molar-refractivity contribution in [3.8, 4) is 0 Å². The SMILES string of the molecule is CC(C)(C)c1ccc(=O)n(CC2CN(C(=O)N3CCOCC3)C2)n1. The van der Waals surface area contributed by atoms with E-state index in [0.29, 0.717) is 45.9 Å². The van der Waals surface area contributed by atoms with E-state index >= 15 is 0 Å². The van der Waals surface area contributed by atoms with Crippen LogP contribution in [0.4, 0.5) is 4.79 Å². The van der Waals surface area contributed by atoms with Gasteiger partial charge in [0.25, 0.3) is 5.56 Å². The lowest BCUT2D eigenvalue weighted by Gasteiger charge is -2.42. The van der Waals surface area contributed by atoms with Gasteiger partial charge in [-0.1, -0.05) is 20.8 Å². The van der Waals surface area contributed by atoms with Gasteiger partial charge in [-0.25, -0.2) is 9.48 Å². The number of hydrogen-bond acceptors (Lipinski definition) is 4. The Morgan fingerprint density at radius 2 is 1.88 bits per heavy atom. The molecule has 0 aliphatic carbocycles. The zero-order valence-corrected chi connectivity index (χ0v) is 14.7. The number of nitrogens with zero attached hydrogens (tertiary/aromatic N) is 4. The topological polar surface area (TPSA) is 67.7 Å². The zero-order valence-electron chi connectivity index (χ0n) is 14.7. The van der Waals surface area contributed by atoms with Gasteiger partial charge in [-0.05, 0) is 6.07 Å².